The van der Waals surface area contributed by atoms with Crippen LogP contribution in [0.4, 0.5) is 0 Å². The minimum absolute atomic E-state index is 0.0718. The molecule has 1 saturated heterocycles. The monoisotopic (exact) mass is 343 g/mol. The fourth-order valence-corrected chi connectivity index (χ4v) is 3.38. The average molecular weight is 343 g/mol. The molecular formula is C19H25N3O3. The summed E-state index contributed by atoms with van der Waals surface area (Å²) in [6.07, 6.45) is 1.02. The summed E-state index contributed by atoms with van der Waals surface area (Å²) in [4.78, 5) is 21.3. The van der Waals surface area contributed by atoms with Crippen molar-refractivity contribution in [2.75, 3.05) is 26.8 Å². The van der Waals surface area contributed by atoms with Gasteiger partial charge in [-0.15, -0.1) is 0 Å². The summed E-state index contributed by atoms with van der Waals surface area (Å²) < 4.78 is 11.0. The molecule has 1 atom stereocenters. The van der Waals surface area contributed by atoms with Gasteiger partial charge in [0.1, 0.15) is 5.82 Å². The number of aromatic nitrogens is 2. The Morgan fingerprint density at radius 3 is 2.88 bits per heavy atom. The van der Waals surface area contributed by atoms with Crippen molar-refractivity contribution in [3.8, 4) is 11.5 Å². The molecule has 25 heavy (non-hydrogen) atoms. The number of aryl methyl sites for hydroxylation is 1. The number of benzene rings is 1. The first kappa shape index (κ1) is 17.5. The van der Waals surface area contributed by atoms with Crippen molar-refractivity contribution in [3.63, 3.8) is 0 Å². The van der Waals surface area contributed by atoms with E-state index in [-0.39, 0.29) is 5.56 Å². The highest BCUT2D eigenvalue weighted by Gasteiger charge is 2.25. The number of methoxy groups -OCH3 is 1. The molecule has 0 bridgehead atoms. The molecule has 0 amide bonds. The minimum atomic E-state index is -0.0718. The van der Waals surface area contributed by atoms with Crippen molar-refractivity contribution < 1.29 is 9.47 Å². The molecule has 1 aliphatic heterocycles. The molecule has 0 saturated carbocycles. The van der Waals surface area contributed by atoms with E-state index in [1.165, 1.54) is 5.56 Å². The molecule has 2 aromatic rings. The van der Waals surface area contributed by atoms with Crippen LogP contribution in [0.15, 0.2) is 29.1 Å². The van der Waals surface area contributed by atoms with Crippen LogP contribution < -0.4 is 15.0 Å². The number of hydrogen-bond donors (Lipinski definition) is 1. The molecule has 1 N–H and O–H groups in total. The van der Waals surface area contributed by atoms with E-state index in [0.717, 1.165) is 43.2 Å². The van der Waals surface area contributed by atoms with Gasteiger partial charge in [-0.05, 0) is 44.5 Å². The Morgan fingerprint density at radius 1 is 1.32 bits per heavy atom. The lowest BCUT2D eigenvalue weighted by molar-refractivity contribution is 0.305. The van der Waals surface area contributed by atoms with Crippen molar-refractivity contribution >= 4 is 0 Å². The van der Waals surface area contributed by atoms with Gasteiger partial charge in [-0.3, -0.25) is 9.69 Å². The number of nitrogens with one attached hydrogen (secondary N) is 1. The maximum atomic E-state index is 11.7. The first-order valence-corrected chi connectivity index (χ1v) is 8.69. The molecule has 3 rings (SSSR count). The number of likely N-dealkylation sites (tertiary alicyclic amines) is 1. The van der Waals surface area contributed by atoms with Crippen molar-refractivity contribution in [2.24, 2.45) is 0 Å². The Bertz CT molecular complexity index is 788. The number of rotatable bonds is 6. The topological polar surface area (TPSA) is 67.5 Å². The number of aromatic amines is 1. The summed E-state index contributed by atoms with van der Waals surface area (Å²) in [7, 11) is 1.65. The molecule has 0 spiro atoms. The predicted molar refractivity (Wildman–Crippen MR) is 96.4 cm³/mol. The largest absolute Gasteiger partial charge is 0.493 e. The van der Waals surface area contributed by atoms with Crippen LogP contribution in [0.3, 0.4) is 0 Å². The Hall–Kier alpha value is -2.34. The van der Waals surface area contributed by atoms with Crippen LogP contribution in [0.2, 0.25) is 0 Å². The number of ether oxygens (including phenoxy) is 2. The van der Waals surface area contributed by atoms with Crippen LogP contribution in [0.1, 0.15) is 36.3 Å². The molecule has 1 aromatic heterocycles. The summed E-state index contributed by atoms with van der Waals surface area (Å²) in [5.74, 6) is 2.53. The standard InChI is InChI=1S/C19H25N3O3/c1-4-25-18-9-14(5-6-17(18)24-3)11-22-8-7-15(12-22)16-10-19(23)21-13(2)20-16/h5-6,9-10,15H,4,7-8,11-12H2,1-3H3,(H,20,21,23)/t15-/m1/s1. The van der Waals surface area contributed by atoms with E-state index in [0.29, 0.717) is 18.3 Å². The number of hydrogen-bond acceptors (Lipinski definition) is 5. The van der Waals surface area contributed by atoms with Gasteiger partial charge in [0.25, 0.3) is 5.56 Å². The third kappa shape index (κ3) is 4.20. The molecule has 6 heteroatoms. The van der Waals surface area contributed by atoms with Crippen LogP contribution >= 0.6 is 0 Å². The smallest absolute Gasteiger partial charge is 0.251 e. The summed E-state index contributed by atoms with van der Waals surface area (Å²) in [6.45, 7) is 7.15. The highest BCUT2D eigenvalue weighted by molar-refractivity contribution is 5.43. The molecule has 1 fully saturated rings. The van der Waals surface area contributed by atoms with Crippen molar-refractivity contribution in [1.29, 1.82) is 0 Å². The molecule has 6 nitrogen and oxygen atoms in total. The van der Waals surface area contributed by atoms with Crippen LogP contribution in [-0.4, -0.2) is 41.7 Å². The highest BCUT2D eigenvalue weighted by atomic mass is 16.5. The van der Waals surface area contributed by atoms with Crippen molar-refractivity contribution in [3.05, 3.63) is 51.7 Å². The van der Waals surface area contributed by atoms with Gasteiger partial charge >= 0.3 is 0 Å². The Labute approximate surface area is 147 Å². The van der Waals surface area contributed by atoms with E-state index >= 15 is 0 Å². The zero-order valence-electron chi connectivity index (χ0n) is 15.0. The van der Waals surface area contributed by atoms with Gasteiger partial charge in [0, 0.05) is 25.1 Å². The predicted octanol–water partition coefficient (Wildman–Crippen LogP) is 2.48. The lowest BCUT2D eigenvalue weighted by atomic mass is 10.0. The second kappa shape index (κ2) is 7.70. The van der Waals surface area contributed by atoms with E-state index in [2.05, 4.69) is 20.9 Å². The second-order valence-corrected chi connectivity index (χ2v) is 6.39. The summed E-state index contributed by atoms with van der Waals surface area (Å²) in [6, 6.07) is 7.70. The molecular weight excluding hydrogens is 318 g/mol. The fraction of sp³-hybridized carbons (Fsp3) is 0.474. The molecule has 0 unspecified atom stereocenters. The van der Waals surface area contributed by atoms with Crippen molar-refractivity contribution in [1.82, 2.24) is 14.9 Å². The normalized spacial score (nSPS) is 17.6. The third-order valence-corrected chi connectivity index (χ3v) is 4.50. The SMILES string of the molecule is CCOc1cc(CN2CC[C@@H](c3cc(=O)[nH]c(C)n3)C2)ccc1OC. The zero-order valence-corrected chi connectivity index (χ0v) is 15.0. The van der Waals surface area contributed by atoms with Crippen LogP contribution in [-0.2, 0) is 6.54 Å². The maximum Gasteiger partial charge on any atom is 0.251 e. The third-order valence-electron chi connectivity index (χ3n) is 4.50. The minimum Gasteiger partial charge on any atom is -0.493 e. The van der Waals surface area contributed by atoms with Gasteiger partial charge in [-0.1, -0.05) is 6.07 Å². The molecule has 0 aliphatic carbocycles. The highest BCUT2D eigenvalue weighted by Crippen LogP contribution is 2.30. The Morgan fingerprint density at radius 2 is 2.16 bits per heavy atom. The summed E-state index contributed by atoms with van der Waals surface area (Å²) in [5, 5.41) is 0. The molecule has 1 aliphatic rings. The fourth-order valence-electron chi connectivity index (χ4n) is 3.38. The molecule has 1 aromatic carbocycles. The van der Waals surface area contributed by atoms with Gasteiger partial charge in [0.15, 0.2) is 11.5 Å². The zero-order chi connectivity index (χ0) is 17.8. The maximum absolute atomic E-state index is 11.7. The van der Waals surface area contributed by atoms with Crippen LogP contribution in [0.25, 0.3) is 0 Å². The lowest BCUT2D eigenvalue weighted by Gasteiger charge is -2.17. The van der Waals surface area contributed by atoms with E-state index in [9.17, 15) is 4.79 Å². The van der Waals surface area contributed by atoms with Crippen LogP contribution in [0, 0.1) is 6.92 Å². The quantitative estimate of drug-likeness (QED) is 0.873. The average Bonchev–Trinajstić information content (AvgIpc) is 3.03. The number of H-pyrrole nitrogens is 1. The first-order valence-electron chi connectivity index (χ1n) is 8.69. The Kier molecular flexibility index (Phi) is 5.38. The summed E-state index contributed by atoms with van der Waals surface area (Å²) >= 11 is 0. The van der Waals surface area contributed by atoms with E-state index < -0.39 is 0 Å². The second-order valence-electron chi connectivity index (χ2n) is 6.39. The van der Waals surface area contributed by atoms with E-state index in [1.54, 1.807) is 13.2 Å². The Balaban J connectivity index is 1.68. The van der Waals surface area contributed by atoms with Gasteiger partial charge < -0.3 is 14.5 Å². The number of nitrogens with zero attached hydrogens (tertiary/aromatic N) is 2. The van der Waals surface area contributed by atoms with Crippen molar-refractivity contribution in [2.45, 2.75) is 32.7 Å². The van der Waals surface area contributed by atoms with Gasteiger partial charge in [-0.2, -0.15) is 0 Å². The first-order chi connectivity index (χ1) is 12.1. The molecule has 2 heterocycles. The summed E-state index contributed by atoms with van der Waals surface area (Å²) in [5.41, 5.74) is 2.02. The van der Waals surface area contributed by atoms with Gasteiger partial charge in [0.05, 0.1) is 19.4 Å². The molecule has 0 radical (unpaired) electrons. The lowest BCUT2D eigenvalue weighted by Crippen LogP contribution is -2.21. The van der Waals surface area contributed by atoms with E-state index in [1.807, 2.05) is 26.0 Å². The van der Waals surface area contributed by atoms with E-state index in [4.69, 9.17) is 9.47 Å². The molecule has 134 valence electrons. The van der Waals surface area contributed by atoms with Gasteiger partial charge in [-0.25, -0.2) is 4.98 Å². The van der Waals surface area contributed by atoms with Gasteiger partial charge in [0.2, 0.25) is 0 Å². The van der Waals surface area contributed by atoms with Crippen LogP contribution in [0.5, 0.6) is 11.5 Å².